The van der Waals surface area contributed by atoms with Crippen LogP contribution in [0, 0.1) is 6.92 Å². The predicted molar refractivity (Wildman–Crippen MR) is 68.3 cm³/mol. The van der Waals surface area contributed by atoms with E-state index in [0.717, 1.165) is 17.1 Å². The molecule has 2 aromatic rings. The standard InChI is InChI=1S/C12H15N5O/c1-8-10(7-16-17-8)6-15-12(18)9-3-4-11(13-2)14-5-9/h3-5,7H,6H2,1-2H3,(H,13,14)(H,15,18)(H,16,17). The maximum absolute atomic E-state index is 11.8. The maximum atomic E-state index is 11.8. The van der Waals surface area contributed by atoms with Gasteiger partial charge in [0.1, 0.15) is 5.82 Å². The smallest absolute Gasteiger partial charge is 0.253 e. The summed E-state index contributed by atoms with van der Waals surface area (Å²) in [5, 5.41) is 12.4. The molecule has 94 valence electrons. The minimum atomic E-state index is -0.147. The average Bonchev–Trinajstić information content (AvgIpc) is 2.81. The van der Waals surface area contributed by atoms with Crippen molar-refractivity contribution in [3.8, 4) is 0 Å². The second kappa shape index (κ2) is 5.31. The first-order chi connectivity index (χ1) is 8.70. The first kappa shape index (κ1) is 12.1. The molecular weight excluding hydrogens is 230 g/mol. The van der Waals surface area contributed by atoms with Crippen LogP contribution >= 0.6 is 0 Å². The van der Waals surface area contributed by atoms with Crippen molar-refractivity contribution in [3.05, 3.63) is 41.3 Å². The van der Waals surface area contributed by atoms with Crippen molar-refractivity contribution < 1.29 is 4.79 Å². The number of aryl methyl sites for hydroxylation is 1. The molecule has 0 bridgehead atoms. The second-order valence-electron chi connectivity index (χ2n) is 3.89. The molecule has 1 amide bonds. The van der Waals surface area contributed by atoms with Gasteiger partial charge >= 0.3 is 0 Å². The van der Waals surface area contributed by atoms with Crippen LogP contribution in [-0.4, -0.2) is 28.1 Å². The lowest BCUT2D eigenvalue weighted by Gasteiger charge is -2.05. The number of hydrogen-bond acceptors (Lipinski definition) is 4. The second-order valence-corrected chi connectivity index (χ2v) is 3.89. The van der Waals surface area contributed by atoms with Crippen LogP contribution in [0.3, 0.4) is 0 Å². The topological polar surface area (TPSA) is 82.7 Å². The van der Waals surface area contributed by atoms with Crippen LogP contribution in [0.4, 0.5) is 5.82 Å². The molecule has 2 heterocycles. The number of pyridine rings is 1. The molecule has 2 rings (SSSR count). The summed E-state index contributed by atoms with van der Waals surface area (Å²) in [7, 11) is 1.78. The van der Waals surface area contributed by atoms with E-state index in [1.165, 1.54) is 0 Å². The number of carbonyl (C=O) groups excluding carboxylic acids is 1. The van der Waals surface area contributed by atoms with Crippen molar-refractivity contribution in [1.29, 1.82) is 0 Å². The van der Waals surface area contributed by atoms with E-state index < -0.39 is 0 Å². The minimum absolute atomic E-state index is 0.147. The number of hydrogen-bond donors (Lipinski definition) is 3. The molecule has 0 atom stereocenters. The molecule has 0 spiro atoms. The molecule has 6 heteroatoms. The third kappa shape index (κ3) is 2.65. The normalized spacial score (nSPS) is 10.1. The van der Waals surface area contributed by atoms with E-state index in [1.807, 2.05) is 6.92 Å². The molecule has 0 unspecified atom stereocenters. The molecule has 0 fully saturated rings. The quantitative estimate of drug-likeness (QED) is 0.753. The highest BCUT2D eigenvalue weighted by molar-refractivity contribution is 5.93. The lowest BCUT2D eigenvalue weighted by molar-refractivity contribution is 0.0950. The van der Waals surface area contributed by atoms with Crippen molar-refractivity contribution >= 4 is 11.7 Å². The van der Waals surface area contributed by atoms with Gasteiger partial charge in [-0.25, -0.2) is 4.98 Å². The number of anilines is 1. The molecule has 18 heavy (non-hydrogen) atoms. The fourth-order valence-electron chi connectivity index (χ4n) is 1.51. The number of nitrogens with zero attached hydrogens (tertiary/aromatic N) is 2. The van der Waals surface area contributed by atoms with Crippen LogP contribution in [0.2, 0.25) is 0 Å². The van der Waals surface area contributed by atoms with Gasteiger partial charge in [-0.2, -0.15) is 5.10 Å². The van der Waals surface area contributed by atoms with Crippen LogP contribution in [-0.2, 0) is 6.54 Å². The van der Waals surface area contributed by atoms with Crippen LogP contribution in [0.25, 0.3) is 0 Å². The minimum Gasteiger partial charge on any atom is -0.373 e. The molecule has 0 aliphatic rings. The van der Waals surface area contributed by atoms with Gasteiger partial charge in [0.05, 0.1) is 11.8 Å². The van der Waals surface area contributed by atoms with Crippen molar-refractivity contribution in [2.75, 3.05) is 12.4 Å². The highest BCUT2D eigenvalue weighted by Gasteiger charge is 2.07. The summed E-state index contributed by atoms with van der Waals surface area (Å²) in [6, 6.07) is 3.49. The van der Waals surface area contributed by atoms with Gasteiger partial charge in [0, 0.05) is 31.0 Å². The number of nitrogens with one attached hydrogen (secondary N) is 3. The molecule has 0 saturated carbocycles. The highest BCUT2D eigenvalue weighted by atomic mass is 16.1. The number of rotatable bonds is 4. The number of amides is 1. The number of aromatic nitrogens is 3. The third-order valence-electron chi connectivity index (χ3n) is 2.66. The monoisotopic (exact) mass is 245 g/mol. The van der Waals surface area contributed by atoms with Crippen LogP contribution < -0.4 is 10.6 Å². The van der Waals surface area contributed by atoms with Gasteiger partial charge in [-0.3, -0.25) is 9.89 Å². The Morgan fingerprint density at radius 3 is 2.78 bits per heavy atom. The van der Waals surface area contributed by atoms with Gasteiger partial charge < -0.3 is 10.6 Å². The lowest BCUT2D eigenvalue weighted by Crippen LogP contribution is -2.23. The largest absolute Gasteiger partial charge is 0.373 e. The van der Waals surface area contributed by atoms with Crippen molar-refractivity contribution in [2.45, 2.75) is 13.5 Å². The van der Waals surface area contributed by atoms with Gasteiger partial charge in [-0.1, -0.05) is 0 Å². The SMILES string of the molecule is CNc1ccc(C(=O)NCc2cn[nH]c2C)cn1. The Morgan fingerprint density at radius 1 is 1.39 bits per heavy atom. The Morgan fingerprint density at radius 2 is 2.22 bits per heavy atom. The van der Waals surface area contributed by atoms with Gasteiger partial charge in [0.15, 0.2) is 0 Å². The van der Waals surface area contributed by atoms with Crippen LogP contribution in [0.1, 0.15) is 21.6 Å². The van der Waals surface area contributed by atoms with E-state index in [-0.39, 0.29) is 5.91 Å². The summed E-state index contributed by atoms with van der Waals surface area (Å²) in [6.07, 6.45) is 3.25. The summed E-state index contributed by atoms with van der Waals surface area (Å²) < 4.78 is 0. The van der Waals surface area contributed by atoms with Crippen LogP contribution in [0.5, 0.6) is 0 Å². The fourth-order valence-corrected chi connectivity index (χ4v) is 1.51. The molecular formula is C12H15N5O. The molecule has 2 aromatic heterocycles. The summed E-state index contributed by atoms with van der Waals surface area (Å²) in [5.74, 6) is 0.586. The Labute approximate surface area is 105 Å². The zero-order valence-corrected chi connectivity index (χ0v) is 10.3. The lowest BCUT2D eigenvalue weighted by atomic mass is 10.2. The summed E-state index contributed by atoms with van der Waals surface area (Å²) in [6.45, 7) is 2.37. The summed E-state index contributed by atoms with van der Waals surface area (Å²) in [4.78, 5) is 15.9. The molecule has 0 saturated heterocycles. The van der Waals surface area contributed by atoms with E-state index in [0.29, 0.717) is 12.1 Å². The van der Waals surface area contributed by atoms with E-state index in [9.17, 15) is 4.79 Å². The van der Waals surface area contributed by atoms with Gasteiger partial charge in [-0.15, -0.1) is 0 Å². The Bertz CT molecular complexity index is 532. The number of aromatic amines is 1. The van der Waals surface area contributed by atoms with E-state index in [1.54, 1.807) is 31.6 Å². The molecule has 3 N–H and O–H groups in total. The Kier molecular flexibility index (Phi) is 3.57. The summed E-state index contributed by atoms with van der Waals surface area (Å²) >= 11 is 0. The highest BCUT2D eigenvalue weighted by Crippen LogP contribution is 2.05. The van der Waals surface area contributed by atoms with Gasteiger partial charge in [0.25, 0.3) is 5.91 Å². The fraction of sp³-hybridized carbons (Fsp3) is 0.250. The van der Waals surface area contributed by atoms with Gasteiger partial charge in [0.2, 0.25) is 0 Å². The zero-order chi connectivity index (χ0) is 13.0. The van der Waals surface area contributed by atoms with E-state index in [2.05, 4.69) is 25.8 Å². The first-order valence-corrected chi connectivity index (χ1v) is 5.61. The van der Waals surface area contributed by atoms with Gasteiger partial charge in [-0.05, 0) is 19.1 Å². The molecule has 0 radical (unpaired) electrons. The summed E-state index contributed by atoms with van der Waals surface area (Å²) in [5.41, 5.74) is 2.47. The van der Waals surface area contributed by atoms with E-state index >= 15 is 0 Å². The van der Waals surface area contributed by atoms with Crippen molar-refractivity contribution in [2.24, 2.45) is 0 Å². The van der Waals surface area contributed by atoms with Crippen LogP contribution in [0.15, 0.2) is 24.5 Å². The number of H-pyrrole nitrogens is 1. The first-order valence-electron chi connectivity index (χ1n) is 5.61. The molecule has 0 aliphatic heterocycles. The Balaban J connectivity index is 1.97. The average molecular weight is 245 g/mol. The third-order valence-corrected chi connectivity index (χ3v) is 2.66. The molecule has 0 aromatic carbocycles. The van der Waals surface area contributed by atoms with Crippen molar-refractivity contribution in [3.63, 3.8) is 0 Å². The number of carbonyl (C=O) groups is 1. The predicted octanol–water partition coefficient (Wildman–Crippen LogP) is 1.08. The zero-order valence-electron chi connectivity index (χ0n) is 10.3. The Hall–Kier alpha value is -2.37. The maximum Gasteiger partial charge on any atom is 0.253 e. The van der Waals surface area contributed by atoms with E-state index in [4.69, 9.17) is 0 Å². The molecule has 6 nitrogen and oxygen atoms in total. The van der Waals surface area contributed by atoms with Crippen molar-refractivity contribution in [1.82, 2.24) is 20.5 Å². The molecule has 0 aliphatic carbocycles.